The maximum atomic E-state index is 12.4. The molecule has 0 bridgehead atoms. The summed E-state index contributed by atoms with van der Waals surface area (Å²) in [4.78, 5) is 21.3. The van der Waals surface area contributed by atoms with Gasteiger partial charge in [-0.15, -0.1) is 0 Å². The van der Waals surface area contributed by atoms with Crippen molar-refractivity contribution in [1.82, 2.24) is 0 Å². The number of anilines is 2. The first-order valence-corrected chi connectivity index (χ1v) is 15.8. The van der Waals surface area contributed by atoms with Gasteiger partial charge in [-0.05, 0) is 61.4 Å². The number of amidine groups is 1. The number of fused-ring (bicyclic) bond motifs is 1. The fraction of sp³-hybridized carbons (Fsp3) is 0.500. The van der Waals surface area contributed by atoms with E-state index in [9.17, 15) is 13.2 Å². The Morgan fingerprint density at radius 2 is 1.69 bits per heavy atom. The summed E-state index contributed by atoms with van der Waals surface area (Å²) >= 11 is 1.45. The molecule has 2 unspecified atom stereocenters. The monoisotopic (exact) mass is 525 g/mol. The van der Waals surface area contributed by atoms with Crippen LogP contribution >= 0.6 is 11.8 Å². The van der Waals surface area contributed by atoms with Crippen LogP contribution in [0, 0.1) is 5.92 Å². The molecular formula is C28H35N3O3S2. The van der Waals surface area contributed by atoms with E-state index in [1.807, 2.05) is 4.90 Å². The number of sulfone groups is 1. The average molecular weight is 526 g/mol. The third-order valence-electron chi connectivity index (χ3n) is 7.51. The zero-order valence-corrected chi connectivity index (χ0v) is 22.5. The molecule has 3 aliphatic rings. The molecular weight excluding hydrogens is 490 g/mol. The summed E-state index contributed by atoms with van der Waals surface area (Å²) in [7, 11) is -3.08. The Morgan fingerprint density at radius 3 is 2.39 bits per heavy atom. The van der Waals surface area contributed by atoms with Crippen molar-refractivity contribution in [3.63, 3.8) is 0 Å². The molecule has 36 heavy (non-hydrogen) atoms. The number of unbranched alkanes of at least 4 members (excludes halogenated alkanes) is 1. The van der Waals surface area contributed by atoms with Gasteiger partial charge in [0.25, 0.3) is 0 Å². The molecule has 2 atom stereocenters. The van der Waals surface area contributed by atoms with Crippen LogP contribution in [-0.2, 0) is 21.1 Å². The standard InChI is InChI=1S/C28H35N3O3S2/c1-2-3-9-27(32)29-28-31(25-19-36(33,34)20-26(25)35-28)24-12-10-23(11-13-24)30-16-14-22(15-17-30)18-21-7-5-4-6-8-21/h4-8,10-13,22,25-26H,2-3,9,14-20H2,1H3. The van der Waals surface area contributed by atoms with Crippen LogP contribution in [-0.4, -0.2) is 55.4 Å². The molecule has 6 nitrogen and oxygen atoms in total. The lowest BCUT2D eigenvalue weighted by molar-refractivity contribution is -0.117. The molecule has 8 heteroatoms. The summed E-state index contributed by atoms with van der Waals surface area (Å²) in [5, 5.41) is 0.575. The average Bonchev–Trinajstić information content (AvgIpc) is 3.34. The van der Waals surface area contributed by atoms with Crippen molar-refractivity contribution in [2.45, 2.75) is 56.7 Å². The third kappa shape index (κ3) is 5.80. The second-order valence-corrected chi connectivity index (χ2v) is 13.6. The van der Waals surface area contributed by atoms with E-state index in [1.54, 1.807) is 0 Å². The van der Waals surface area contributed by atoms with Crippen molar-refractivity contribution in [1.29, 1.82) is 0 Å². The molecule has 0 aromatic heterocycles. The van der Waals surface area contributed by atoms with Gasteiger partial charge in [0, 0.05) is 36.1 Å². The van der Waals surface area contributed by atoms with Gasteiger partial charge in [0.2, 0.25) is 5.91 Å². The van der Waals surface area contributed by atoms with Gasteiger partial charge >= 0.3 is 0 Å². The van der Waals surface area contributed by atoms with E-state index in [4.69, 9.17) is 0 Å². The quantitative estimate of drug-likeness (QED) is 0.510. The number of amides is 1. The molecule has 0 aliphatic carbocycles. The summed E-state index contributed by atoms with van der Waals surface area (Å²) < 4.78 is 24.7. The fourth-order valence-electron chi connectivity index (χ4n) is 5.52. The van der Waals surface area contributed by atoms with E-state index in [2.05, 4.69) is 71.4 Å². The van der Waals surface area contributed by atoms with Crippen LogP contribution in [0.15, 0.2) is 59.6 Å². The molecule has 1 amide bonds. The Balaban J connectivity index is 1.27. The lowest BCUT2D eigenvalue weighted by Gasteiger charge is -2.34. The summed E-state index contributed by atoms with van der Waals surface area (Å²) in [5.74, 6) is 0.859. The summed E-state index contributed by atoms with van der Waals surface area (Å²) in [6, 6.07) is 19.0. The number of hydrogen-bond acceptors (Lipinski definition) is 5. The molecule has 2 aromatic rings. The van der Waals surface area contributed by atoms with Crippen molar-refractivity contribution in [2.75, 3.05) is 34.4 Å². The Bertz CT molecular complexity index is 1190. The first kappa shape index (κ1) is 25.3. The van der Waals surface area contributed by atoms with Crippen LogP contribution < -0.4 is 9.80 Å². The Morgan fingerprint density at radius 1 is 1.00 bits per heavy atom. The number of aliphatic imine (C=N–C) groups is 1. The number of hydrogen-bond donors (Lipinski definition) is 0. The maximum absolute atomic E-state index is 12.4. The number of benzene rings is 2. The van der Waals surface area contributed by atoms with Crippen LogP contribution in [0.1, 0.15) is 44.6 Å². The molecule has 0 spiro atoms. The Kier molecular flexibility index (Phi) is 7.72. The zero-order chi connectivity index (χ0) is 25.1. The Hall–Kier alpha value is -2.32. The van der Waals surface area contributed by atoms with E-state index < -0.39 is 9.84 Å². The van der Waals surface area contributed by atoms with Gasteiger partial charge in [-0.25, -0.2) is 8.42 Å². The highest BCUT2D eigenvalue weighted by Gasteiger charge is 2.49. The lowest BCUT2D eigenvalue weighted by Crippen LogP contribution is -2.38. The second kappa shape index (κ2) is 11.0. The van der Waals surface area contributed by atoms with Gasteiger partial charge in [0.05, 0.1) is 17.5 Å². The number of rotatable bonds is 7. The van der Waals surface area contributed by atoms with Crippen molar-refractivity contribution in [3.05, 3.63) is 60.2 Å². The smallest absolute Gasteiger partial charge is 0.248 e. The second-order valence-electron chi connectivity index (χ2n) is 10.2. The van der Waals surface area contributed by atoms with Crippen molar-refractivity contribution in [3.8, 4) is 0 Å². The number of carbonyl (C=O) groups is 1. The molecule has 0 saturated carbocycles. The van der Waals surface area contributed by atoms with Crippen LogP contribution in [0.3, 0.4) is 0 Å². The zero-order valence-electron chi connectivity index (χ0n) is 20.9. The molecule has 2 aromatic carbocycles. The summed E-state index contributed by atoms with van der Waals surface area (Å²) in [5.41, 5.74) is 3.52. The highest BCUT2D eigenvalue weighted by atomic mass is 32.2. The largest absolute Gasteiger partial charge is 0.372 e. The maximum Gasteiger partial charge on any atom is 0.248 e. The molecule has 0 N–H and O–H groups in total. The van der Waals surface area contributed by atoms with Gasteiger partial charge < -0.3 is 9.80 Å². The number of nitrogens with zero attached hydrogens (tertiary/aromatic N) is 3. The fourth-order valence-corrected chi connectivity index (χ4v) is 9.45. The lowest BCUT2D eigenvalue weighted by atomic mass is 9.90. The number of piperidine rings is 1. The van der Waals surface area contributed by atoms with E-state index in [-0.39, 0.29) is 28.7 Å². The number of carbonyl (C=O) groups excluding carboxylic acids is 1. The highest BCUT2D eigenvalue weighted by Crippen LogP contribution is 2.41. The van der Waals surface area contributed by atoms with Gasteiger partial charge in [0.15, 0.2) is 15.0 Å². The minimum Gasteiger partial charge on any atom is -0.372 e. The van der Waals surface area contributed by atoms with Gasteiger partial charge in [-0.3, -0.25) is 4.79 Å². The van der Waals surface area contributed by atoms with Crippen LogP contribution in [0.2, 0.25) is 0 Å². The topological polar surface area (TPSA) is 70.0 Å². The van der Waals surface area contributed by atoms with Crippen molar-refractivity contribution < 1.29 is 13.2 Å². The molecule has 5 rings (SSSR count). The molecule has 3 aliphatic heterocycles. The van der Waals surface area contributed by atoms with E-state index in [0.717, 1.165) is 44.0 Å². The highest BCUT2D eigenvalue weighted by molar-refractivity contribution is 8.16. The molecule has 0 radical (unpaired) electrons. The first-order valence-electron chi connectivity index (χ1n) is 13.1. The molecule has 3 saturated heterocycles. The van der Waals surface area contributed by atoms with Crippen molar-refractivity contribution in [2.24, 2.45) is 10.9 Å². The van der Waals surface area contributed by atoms with Gasteiger partial charge in [0.1, 0.15) is 0 Å². The van der Waals surface area contributed by atoms with Gasteiger partial charge in [-0.1, -0.05) is 55.4 Å². The third-order valence-corrected chi connectivity index (χ3v) is 10.7. The predicted molar refractivity (Wildman–Crippen MR) is 150 cm³/mol. The normalized spacial score (nSPS) is 24.9. The molecule has 3 fully saturated rings. The van der Waals surface area contributed by atoms with Gasteiger partial charge in [-0.2, -0.15) is 4.99 Å². The van der Waals surface area contributed by atoms with Crippen LogP contribution in [0.5, 0.6) is 0 Å². The van der Waals surface area contributed by atoms with E-state index in [1.165, 1.54) is 35.9 Å². The SMILES string of the molecule is CCCCC(=O)N=C1SC2CS(=O)(=O)CC2N1c1ccc(N2CCC(Cc3ccccc3)CC2)cc1. The summed E-state index contributed by atoms with van der Waals surface area (Å²) in [6.07, 6.45) is 5.70. The summed E-state index contributed by atoms with van der Waals surface area (Å²) in [6.45, 7) is 4.13. The van der Waals surface area contributed by atoms with Crippen molar-refractivity contribution >= 4 is 44.0 Å². The predicted octanol–water partition coefficient (Wildman–Crippen LogP) is 4.94. The first-order chi connectivity index (χ1) is 17.4. The minimum absolute atomic E-state index is 0.0731. The van der Waals surface area contributed by atoms with Crippen LogP contribution in [0.25, 0.3) is 0 Å². The van der Waals surface area contributed by atoms with E-state index in [0.29, 0.717) is 11.6 Å². The van der Waals surface area contributed by atoms with E-state index >= 15 is 0 Å². The minimum atomic E-state index is -3.08. The Labute approximate surface area is 219 Å². The molecule has 192 valence electrons. The van der Waals surface area contributed by atoms with Crippen LogP contribution in [0.4, 0.5) is 11.4 Å². The number of thioether (sulfide) groups is 1. The molecule has 3 heterocycles.